The van der Waals surface area contributed by atoms with Crippen LogP contribution in [-0.4, -0.2) is 15.9 Å². The fourth-order valence-corrected chi connectivity index (χ4v) is 4.39. The van der Waals surface area contributed by atoms with Gasteiger partial charge in [-0.3, -0.25) is 9.78 Å². The van der Waals surface area contributed by atoms with Crippen LogP contribution in [0, 0.1) is 5.92 Å². The number of aromatic nitrogens is 2. The molecule has 25 heavy (non-hydrogen) atoms. The quantitative estimate of drug-likeness (QED) is 0.723. The van der Waals surface area contributed by atoms with Crippen LogP contribution in [0.4, 0.5) is 0 Å². The van der Waals surface area contributed by atoms with Crippen LogP contribution in [0.5, 0.6) is 0 Å². The number of fused-ring (bicyclic) bond motifs is 1. The summed E-state index contributed by atoms with van der Waals surface area (Å²) in [6, 6.07) is 12.0. The summed E-state index contributed by atoms with van der Waals surface area (Å²) in [7, 11) is 0. The maximum absolute atomic E-state index is 12.8. The molecule has 5 heteroatoms. The molecule has 1 aromatic carbocycles. The van der Waals surface area contributed by atoms with E-state index in [9.17, 15) is 4.79 Å². The van der Waals surface area contributed by atoms with Crippen LogP contribution in [0.25, 0.3) is 10.2 Å². The van der Waals surface area contributed by atoms with Gasteiger partial charge in [0.05, 0.1) is 21.1 Å². The molecular formula is C20H19N3OS. The number of rotatable bonds is 4. The zero-order valence-corrected chi connectivity index (χ0v) is 14.6. The molecule has 1 aliphatic carbocycles. The summed E-state index contributed by atoms with van der Waals surface area (Å²) in [5, 5.41) is 4.14. The lowest BCUT2D eigenvalue weighted by molar-refractivity contribution is -0.125. The number of thiazole rings is 1. The number of nitrogens with zero attached hydrogens (tertiary/aromatic N) is 2. The van der Waals surface area contributed by atoms with Crippen LogP contribution in [0.3, 0.4) is 0 Å². The number of benzene rings is 1. The SMILES string of the molecule is O=C(NCc1ccncc1)[C@@H]1CC=CC[C@@H]1c1nc2ccccc2s1. The average Bonchev–Trinajstić information content (AvgIpc) is 3.11. The van der Waals surface area contributed by atoms with Gasteiger partial charge in [0.25, 0.3) is 0 Å². The van der Waals surface area contributed by atoms with Gasteiger partial charge < -0.3 is 5.32 Å². The molecule has 0 spiro atoms. The van der Waals surface area contributed by atoms with Crippen LogP contribution in [0.15, 0.2) is 60.9 Å². The second kappa shape index (κ2) is 7.15. The van der Waals surface area contributed by atoms with Gasteiger partial charge >= 0.3 is 0 Å². The van der Waals surface area contributed by atoms with Crippen LogP contribution < -0.4 is 5.32 Å². The van der Waals surface area contributed by atoms with Gasteiger partial charge in [-0.25, -0.2) is 4.98 Å². The summed E-state index contributed by atoms with van der Waals surface area (Å²) in [4.78, 5) is 21.6. The van der Waals surface area contributed by atoms with Gasteiger partial charge in [0.15, 0.2) is 0 Å². The van der Waals surface area contributed by atoms with Crippen molar-refractivity contribution in [2.45, 2.75) is 25.3 Å². The Morgan fingerprint density at radius 2 is 1.92 bits per heavy atom. The third kappa shape index (κ3) is 3.46. The highest BCUT2D eigenvalue weighted by Gasteiger charge is 2.32. The van der Waals surface area contributed by atoms with E-state index in [2.05, 4.69) is 28.5 Å². The van der Waals surface area contributed by atoms with Crippen LogP contribution >= 0.6 is 11.3 Å². The van der Waals surface area contributed by atoms with Crippen molar-refractivity contribution in [3.8, 4) is 0 Å². The topological polar surface area (TPSA) is 54.9 Å². The number of hydrogen-bond donors (Lipinski definition) is 1. The maximum Gasteiger partial charge on any atom is 0.224 e. The minimum atomic E-state index is -0.0626. The molecule has 0 unspecified atom stereocenters. The van der Waals surface area contributed by atoms with Gasteiger partial charge in [-0.15, -0.1) is 11.3 Å². The lowest BCUT2D eigenvalue weighted by Gasteiger charge is -2.26. The zero-order chi connectivity index (χ0) is 17.1. The van der Waals surface area contributed by atoms with Crippen molar-refractivity contribution in [1.82, 2.24) is 15.3 Å². The van der Waals surface area contributed by atoms with Gasteiger partial charge in [0.1, 0.15) is 0 Å². The third-order valence-electron chi connectivity index (χ3n) is 4.61. The Morgan fingerprint density at radius 3 is 2.76 bits per heavy atom. The molecule has 2 aromatic heterocycles. The number of amides is 1. The van der Waals surface area contributed by atoms with Crippen molar-refractivity contribution in [3.05, 3.63) is 71.5 Å². The monoisotopic (exact) mass is 349 g/mol. The number of allylic oxidation sites excluding steroid dienone is 2. The molecule has 0 bridgehead atoms. The summed E-state index contributed by atoms with van der Waals surface area (Å²) >= 11 is 1.71. The molecule has 1 amide bonds. The minimum absolute atomic E-state index is 0.0626. The van der Waals surface area contributed by atoms with E-state index < -0.39 is 0 Å². The summed E-state index contributed by atoms with van der Waals surface area (Å²) < 4.78 is 1.18. The largest absolute Gasteiger partial charge is 0.352 e. The fraction of sp³-hybridized carbons (Fsp3) is 0.250. The summed E-state index contributed by atoms with van der Waals surface area (Å²) in [5.41, 5.74) is 2.08. The molecule has 3 aromatic rings. The zero-order valence-electron chi connectivity index (χ0n) is 13.8. The Balaban J connectivity index is 1.52. The van der Waals surface area contributed by atoms with Crippen molar-refractivity contribution in [3.63, 3.8) is 0 Å². The first-order chi connectivity index (χ1) is 12.3. The Morgan fingerprint density at radius 1 is 1.12 bits per heavy atom. The van der Waals surface area contributed by atoms with Crippen molar-refractivity contribution in [1.29, 1.82) is 0 Å². The smallest absolute Gasteiger partial charge is 0.224 e. The predicted octanol–water partition coefficient (Wildman–Crippen LogP) is 4.06. The van der Waals surface area contributed by atoms with Crippen molar-refractivity contribution in [2.75, 3.05) is 0 Å². The van der Waals surface area contributed by atoms with E-state index in [0.717, 1.165) is 28.9 Å². The van der Waals surface area contributed by atoms with Gasteiger partial charge in [-0.1, -0.05) is 24.3 Å². The van der Waals surface area contributed by atoms with Crippen LogP contribution in [0.2, 0.25) is 0 Å². The van der Waals surface area contributed by atoms with Crippen LogP contribution in [0.1, 0.15) is 29.3 Å². The Kier molecular flexibility index (Phi) is 4.57. The lowest BCUT2D eigenvalue weighted by Crippen LogP contribution is -2.34. The van der Waals surface area contributed by atoms with Crippen molar-refractivity contribution < 1.29 is 4.79 Å². The second-order valence-electron chi connectivity index (χ2n) is 6.25. The van der Waals surface area contributed by atoms with E-state index in [1.807, 2.05) is 30.3 Å². The number of pyridine rings is 1. The Bertz CT molecular complexity index is 870. The molecule has 1 aliphatic rings. The maximum atomic E-state index is 12.8. The van der Waals surface area contributed by atoms with E-state index in [4.69, 9.17) is 4.98 Å². The van der Waals surface area contributed by atoms with E-state index in [1.54, 1.807) is 23.7 Å². The van der Waals surface area contributed by atoms with Gasteiger partial charge in [0.2, 0.25) is 5.91 Å². The highest BCUT2D eigenvalue weighted by molar-refractivity contribution is 7.18. The summed E-state index contributed by atoms with van der Waals surface area (Å²) in [5.74, 6) is 0.192. The standard InChI is InChI=1S/C20H19N3OS/c24-19(22-13-14-9-11-21-12-10-14)15-5-1-2-6-16(15)20-23-17-7-3-4-8-18(17)25-20/h1-4,7-12,15-16H,5-6,13H2,(H,22,24)/t15-,16+/m1/s1. The first-order valence-electron chi connectivity index (χ1n) is 8.48. The van der Waals surface area contributed by atoms with Gasteiger partial charge in [-0.2, -0.15) is 0 Å². The van der Waals surface area contributed by atoms with E-state index in [1.165, 1.54) is 4.70 Å². The molecule has 0 saturated heterocycles. The first-order valence-corrected chi connectivity index (χ1v) is 9.30. The summed E-state index contributed by atoms with van der Waals surface area (Å²) in [6.45, 7) is 0.536. The number of carbonyl (C=O) groups is 1. The van der Waals surface area contributed by atoms with Crippen molar-refractivity contribution >= 4 is 27.5 Å². The molecule has 2 heterocycles. The second-order valence-corrected chi connectivity index (χ2v) is 7.31. The molecule has 0 aliphatic heterocycles. The molecule has 1 N–H and O–H groups in total. The minimum Gasteiger partial charge on any atom is -0.352 e. The van der Waals surface area contributed by atoms with Gasteiger partial charge in [0, 0.05) is 24.9 Å². The fourth-order valence-electron chi connectivity index (χ4n) is 3.25. The molecule has 0 fully saturated rings. The average molecular weight is 349 g/mol. The molecule has 126 valence electrons. The van der Waals surface area contributed by atoms with Crippen molar-refractivity contribution in [2.24, 2.45) is 5.92 Å². The number of nitrogens with one attached hydrogen (secondary N) is 1. The summed E-state index contributed by atoms with van der Waals surface area (Å²) in [6.07, 6.45) is 9.41. The molecular weight excluding hydrogens is 330 g/mol. The molecule has 4 rings (SSSR count). The highest BCUT2D eigenvalue weighted by atomic mass is 32.1. The first kappa shape index (κ1) is 16.0. The Hall–Kier alpha value is -2.53. The van der Waals surface area contributed by atoms with Gasteiger partial charge in [-0.05, 0) is 42.7 Å². The van der Waals surface area contributed by atoms with Crippen LogP contribution in [-0.2, 0) is 11.3 Å². The molecule has 4 nitrogen and oxygen atoms in total. The highest BCUT2D eigenvalue weighted by Crippen LogP contribution is 2.38. The lowest BCUT2D eigenvalue weighted by atomic mass is 9.82. The number of para-hydroxylation sites is 1. The third-order valence-corrected chi connectivity index (χ3v) is 5.78. The van der Waals surface area contributed by atoms with E-state index >= 15 is 0 Å². The predicted molar refractivity (Wildman–Crippen MR) is 100 cm³/mol. The molecule has 0 saturated carbocycles. The Labute approximate surface area is 150 Å². The number of hydrogen-bond acceptors (Lipinski definition) is 4. The molecule has 2 atom stereocenters. The molecule has 0 radical (unpaired) electrons. The van der Waals surface area contributed by atoms with E-state index in [-0.39, 0.29) is 17.7 Å². The normalized spacial score (nSPS) is 19.8. The van der Waals surface area contributed by atoms with E-state index in [0.29, 0.717) is 6.54 Å². The number of carbonyl (C=O) groups excluding carboxylic acids is 1.